The average Bonchev–Trinajstić information content (AvgIpc) is 3.20. The Morgan fingerprint density at radius 1 is 1.00 bits per heavy atom. The van der Waals surface area contributed by atoms with Crippen LogP contribution < -0.4 is 4.74 Å². The first-order valence-corrected chi connectivity index (χ1v) is 10.3. The molecule has 3 atom stereocenters. The Labute approximate surface area is 184 Å². The van der Waals surface area contributed by atoms with Gasteiger partial charge in [0, 0.05) is 17.7 Å². The van der Waals surface area contributed by atoms with Crippen LogP contribution in [0.4, 0.5) is 5.69 Å². The van der Waals surface area contributed by atoms with Gasteiger partial charge in [0.25, 0.3) is 5.69 Å². The third kappa shape index (κ3) is 2.89. The van der Waals surface area contributed by atoms with E-state index in [0.29, 0.717) is 22.6 Å². The second-order valence-corrected chi connectivity index (χ2v) is 8.09. The van der Waals surface area contributed by atoms with E-state index in [1.54, 1.807) is 37.3 Å². The second-order valence-electron chi connectivity index (χ2n) is 8.09. The predicted molar refractivity (Wildman–Crippen MR) is 118 cm³/mol. The summed E-state index contributed by atoms with van der Waals surface area (Å²) in [6, 6.07) is 21.0. The largest absolute Gasteiger partial charge is 0.485 e. The zero-order valence-corrected chi connectivity index (χ0v) is 17.5. The first-order valence-electron chi connectivity index (χ1n) is 10.3. The van der Waals surface area contributed by atoms with E-state index in [2.05, 4.69) is 5.16 Å². The van der Waals surface area contributed by atoms with Crippen LogP contribution in [0.2, 0.25) is 0 Å². The number of nitro benzene ring substituents is 1. The summed E-state index contributed by atoms with van der Waals surface area (Å²) in [6.45, 7) is 3.78. The minimum absolute atomic E-state index is 0.0276. The van der Waals surface area contributed by atoms with Crippen molar-refractivity contribution >= 4 is 17.2 Å². The normalized spacial score (nSPS) is 23.8. The summed E-state index contributed by atoms with van der Waals surface area (Å²) in [5, 5.41) is 15.6. The van der Waals surface area contributed by atoms with Crippen molar-refractivity contribution in [2.45, 2.75) is 31.5 Å². The molecule has 0 amide bonds. The lowest BCUT2D eigenvalue weighted by molar-refractivity contribution is -0.384. The van der Waals surface area contributed by atoms with Gasteiger partial charge in [-0.1, -0.05) is 59.3 Å². The van der Waals surface area contributed by atoms with Gasteiger partial charge in [-0.2, -0.15) is 0 Å². The zero-order valence-electron chi connectivity index (χ0n) is 17.5. The van der Waals surface area contributed by atoms with E-state index in [4.69, 9.17) is 9.57 Å². The number of Topliss-reactive ketones (excluding diaryl/α,β-unsaturated/α-hetero) is 1. The third-order valence-electron chi connectivity index (χ3n) is 6.18. The third-order valence-corrected chi connectivity index (χ3v) is 6.18. The lowest BCUT2D eigenvalue weighted by atomic mass is 9.70. The number of para-hydroxylation sites is 1. The molecule has 0 fully saturated rings. The first-order chi connectivity index (χ1) is 15.4. The number of hydrogen-bond acceptors (Lipinski definition) is 6. The maximum absolute atomic E-state index is 13.9. The molecule has 3 aromatic rings. The fourth-order valence-electron chi connectivity index (χ4n) is 4.48. The van der Waals surface area contributed by atoms with Crippen molar-refractivity contribution in [3.05, 3.63) is 105 Å². The highest BCUT2D eigenvalue weighted by atomic mass is 16.7. The van der Waals surface area contributed by atoms with Crippen LogP contribution in [0.25, 0.3) is 0 Å². The summed E-state index contributed by atoms with van der Waals surface area (Å²) in [5.41, 5.74) is 2.16. The molecule has 0 N–H and O–H groups in total. The van der Waals surface area contributed by atoms with E-state index in [9.17, 15) is 14.9 Å². The molecule has 2 heterocycles. The number of nitro groups is 1. The number of ether oxygens (including phenoxy) is 1. The molecule has 0 radical (unpaired) electrons. The maximum Gasteiger partial charge on any atom is 0.269 e. The topological polar surface area (TPSA) is 91.0 Å². The SMILES string of the molecule is Cc1ccc(C2=NO[C@@]3(C(=O)c4ccccc4O[C@H]3C)[C@@H]2c2ccc([N+](=O)[O-])cc2)cc1. The minimum atomic E-state index is -1.43. The Bertz CT molecular complexity index is 1250. The molecule has 32 heavy (non-hydrogen) atoms. The van der Waals surface area contributed by atoms with Gasteiger partial charge in [-0.05, 0) is 31.5 Å². The summed E-state index contributed by atoms with van der Waals surface area (Å²) in [7, 11) is 0. The Hall–Kier alpha value is -4.00. The van der Waals surface area contributed by atoms with Gasteiger partial charge in [-0.15, -0.1) is 0 Å². The highest BCUT2D eigenvalue weighted by Gasteiger charge is 2.62. The van der Waals surface area contributed by atoms with Gasteiger partial charge in [0.2, 0.25) is 11.4 Å². The number of ketones is 1. The molecule has 2 aliphatic rings. The second kappa shape index (κ2) is 7.30. The van der Waals surface area contributed by atoms with Crippen LogP contribution in [0.3, 0.4) is 0 Å². The van der Waals surface area contributed by atoms with Crippen LogP contribution in [0, 0.1) is 17.0 Å². The number of carbonyl (C=O) groups excluding carboxylic acids is 1. The minimum Gasteiger partial charge on any atom is -0.485 e. The number of non-ortho nitro benzene ring substituents is 1. The zero-order chi connectivity index (χ0) is 22.5. The van der Waals surface area contributed by atoms with E-state index < -0.39 is 22.5 Å². The Balaban J connectivity index is 1.68. The Morgan fingerprint density at radius 3 is 2.38 bits per heavy atom. The van der Waals surface area contributed by atoms with Gasteiger partial charge in [0.1, 0.15) is 11.9 Å². The molecule has 0 aromatic heterocycles. The quantitative estimate of drug-likeness (QED) is 0.440. The monoisotopic (exact) mass is 428 g/mol. The van der Waals surface area contributed by atoms with Gasteiger partial charge in [-0.25, -0.2) is 0 Å². The predicted octanol–water partition coefficient (Wildman–Crippen LogP) is 4.82. The van der Waals surface area contributed by atoms with Crippen LogP contribution in [0.15, 0.2) is 78.0 Å². The molecular formula is C25H20N2O5. The number of benzene rings is 3. The number of rotatable bonds is 3. The maximum atomic E-state index is 13.9. The highest BCUT2D eigenvalue weighted by Crippen LogP contribution is 2.49. The number of carbonyl (C=O) groups is 1. The molecular weight excluding hydrogens is 408 g/mol. The molecule has 0 saturated carbocycles. The Kier molecular flexibility index (Phi) is 4.55. The molecule has 0 bridgehead atoms. The molecule has 7 heteroatoms. The molecule has 0 aliphatic carbocycles. The van der Waals surface area contributed by atoms with Crippen LogP contribution in [0.5, 0.6) is 5.75 Å². The van der Waals surface area contributed by atoms with Crippen molar-refractivity contribution in [3.63, 3.8) is 0 Å². The fraction of sp³-hybridized carbons (Fsp3) is 0.200. The van der Waals surface area contributed by atoms with Crippen LogP contribution in [0.1, 0.15) is 39.9 Å². The summed E-state index contributed by atoms with van der Waals surface area (Å²) in [5.74, 6) is -0.326. The molecule has 5 rings (SSSR count). The fourth-order valence-corrected chi connectivity index (χ4v) is 4.48. The molecule has 1 spiro atoms. The number of aryl methyl sites for hydroxylation is 1. The molecule has 0 saturated heterocycles. The summed E-state index contributed by atoms with van der Waals surface area (Å²) < 4.78 is 6.13. The summed E-state index contributed by atoms with van der Waals surface area (Å²) in [6.07, 6.45) is -0.642. The van der Waals surface area contributed by atoms with E-state index in [1.807, 2.05) is 37.3 Å². The first kappa shape index (κ1) is 19.9. The van der Waals surface area contributed by atoms with Crippen molar-refractivity contribution in [1.82, 2.24) is 0 Å². The van der Waals surface area contributed by atoms with Crippen molar-refractivity contribution in [1.29, 1.82) is 0 Å². The van der Waals surface area contributed by atoms with Gasteiger partial charge in [0.05, 0.1) is 22.1 Å². The molecule has 2 aliphatic heterocycles. The van der Waals surface area contributed by atoms with Crippen LogP contribution in [-0.4, -0.2) is 28.1 Å². The van der Waals surface area contributed by atoms with Crippen LogP contribution >= 0.6 is 0 Å². The van der Waals surface area contributed by atoms with Gasteiger partial charge < -0.3 is 9.57 Å². The van der Waals surface area contributed by atoms with E-state index in [-0.39, 0.29) is 11.5 Å². The number of fused-ring (bicyclic) bond motifs is 1. The Morgan fingerprint density at radius 2 is 1.69 bits per heavy atom. The number of nitrogens with zero attached hydrogens (tertiary/aromatic N) is 2. The molecule has 7 nitrogen and oxygen atoms in total. The van der Waals surface area contributed by atoms with Crippen molar-refractivity contribution in [3.8, 4) is 5.75 Å². The molecule has 0 unspecified atom stereocenters. The molecule has 160 valence electrons. The van der Waals surface area contributed by atoms with Crippen molar-refractivity contribution in [2.24, 2.45) is 5.16 Å². The van der Waals surface area contributed by atoms with E-state index in [0.717, 1.165) is 11.1 Å². The lowest BCUT2D eigenvalue weighted by Gasteiger charge is -2.40. The summed E-state index contributed by atoms with van der Waals surface area (Å²) >= 11 is 0. The van der Waals surface area contributed by atoms with Crippen molar-refractivity contribution in [2.75, 3.05) is 0 Å². The van der Waals surface area contributed by atoms with E-state index in [1.165, 1.54) is 12.1 Å². The van der Waals surface area contributed by atoms with Crippen molar-refractivity contribution < 1.29 is 19.3 Å². The lowest BCUT2D eigenvalue weighted by Crippen LogP contribution is -2.58. The number of hydrogen-bond donors (Lipinski definition) is 0. The average molecular weight is 428 g/mol. The molecule has 3 aromatic carbocycles. The standard InChI is InChI=1S/C25H20N2O5/c1-15-7-9-18(10-8-15)23-22(17-11-13-19(14-12-17)27(29)30)25(32-26-23)16(2)31-21-6-4-3-5-20(21)24(25)28/h3-14,16,22H,1-2H3/t16-,22+,25+/m0/s1. The van der Waals surface area contributed by atoms with Gasteiger partial charge in [0.15, 0.2) is 0 Å². The summed E-state index contributed by atoms with van der Waals surface area (Å²) in [4.78, 5) is 30.6. The van der Waals surface area contributed by atoms with Crippen LogP contribution in [-0.2, 0) is 4.84 Å². The number of oxime groups is 1. The van der Waals surface area contributed by atoms with E-state index >= 15 is 0 Å². The smallest absolute Gasteiger partial charge is 0.269 e. The van der Waals surface area contributed by atoms with Gasteiger partial charge in [-0.3, -0.25) is 14.9 Å². The highest BCUT2D eigenvalue weighted by molar-refractivity contribution is 6.15. The van der Waals surface area contributed by atoms with Gasteiger partial charge >= 0.3 is 0 Å².